The summed E-state index contributed by atoms with van der Waals surface area (Å²) in [6.07, 6.45) is 2.78. The molecule has 0 aliphatic carbocycles. The van der Waals surface area contributed by atoms with E-state index in [9.17, 15) is 9.59 Å². The summed E-state index contributed by atoms with van der Waals surface area (Å²) in [5.74, 6) is 1.05. The van der Waals surface area contributed by atoms with E-state index in [-0.39, 0.29) is 5.78 Å². The van der Waals surface area contributed by atoms with E-state index in [0.29, 0.717) is 34.1 Å². The third-order valence-corrected chi connectivity index (χ3v) is 3.84. The van der Waals surface area contributed by atoms with Crippen molar-refractivity contribution in [3.05, 3.63) is 53.6 Å². The van der Waals surface area contributed by atoms with Crippen molar-refractivity contribution in [1.29, 1.82) is 0 Å². The number of hydrogen-bond acceptors (Lipinski definition) is 7. The highest BCUT2D eigenvalue weighted by atomic mass is 16.5. The lowest BCUT2D eigenvalue weighted by Crippen LogP contribution is -2.13. The third-order valence-electron chi connectivity index (χ3n) is 3.84. The van der Waals surface area contributed by atoms with Crippen LogP contribution in [0.5, 0.6) is 23.0 Å². The number of carbonyl (C=O) groups is 2. The molecule has 0 aliphatic rings. The minimum atomic E-state index is -0.650. The summed E-state index contributed by atoms with van der Waals surface area (Å²) in [5, 5.41) is 0. The molecule has 0 fully saturated rings. The van der Waals surface area contributed by atoms with Crippen molar-refractivity contribution in [2.45, 2.75) is 0 Å². The van der Waals surface area contributed by atoms with Gasteiger partial charge in [-0.25, -0.2) is 4.79 Å². The first-order valence-electron chi connectivity index (χ1n) is 8.33. The average Bonchev–Trinajstić information content (AvgIpc) is 2.74. The molecule has 0 aliphatic heterocycles. The van der Waals surface area contributed by atoms with Crippen LogP contribution in [-0.4, -0.2) is 46.8 Å². The van der Waals surface area contributed by atoms with Crippen molar-refractivity contribution in [2.75, 3.05) is 35.0 Å². The van der Waals surface area contributed by atoms with Gasteiger partial charge < -0.3 is 23.7 Å². The second kappa shape index (κ2) is 10.0. The molecule has 0 amide bonds. The Labute approximate surface area is 163 Å². The van der Waals surface area contributed by atoms with Gasteiger partial charge in [-0.3, -0.25) is 4.79 Å². The van der Waals surface area contributed by atoms with E-state index in [1.54, 1.807) is 42.5 Å². The number of esters is 1. The van der Waals surface area contributed by atoms with Crippen molar-refractivity contribution in [1.82, 2.24) is 0 Å². The minimum absolute atomic E-state index is 0.303. The molecular weight excluding hydrogens is 364 g/mol. The molecule has 0 unspecified atom stereocenters. The van der Waals surface area contributed by atoms with Crippen LogP contribution in [0.25, 0.3) is 6.08 Å². The van der Waals surface area contributed by atoms with Crippen molar-refractivity contribution in [3.63, 3.8) is 0 Å². The summed E-state index contributed by atoms with van der Waals surface area (Å²) in [5.41, 5.74) is 0.994. The summed E-state index contributed by atoms with van der Waals surface area (Å²) in [6.45, 7) is -0.409. The van der Waals surface area contributed by atoms with Crippen molar-refractivity contribution in [3.8, 4) is 23.0 Å². The minimum Gasteiger partial charge on any atom is -0.497 e. The Hall–Kier alpha value is -3.48. The Morgan fingerprint density at radius 2 is 1.46 bits per heavy atom. The van der Waals surface area contributed by atoms with Gasteiger partial charge in [-0.2, -0.15) is 0 Å². The fraction of sp³-hybridized carbons (Fsp3) is 0.238. The van der Waals surface area contributed by atoms with Crippen LogP contribution in [0, 0.1) is 0 Å². The highest BCUT2D eigenvalue weighted by Gasteiger charge is 2.15. The average molecular weight is 386 g/mol. The van der Waals surface area contributed by atoms with Gasteiger partial charge in [-0.1, -0.05) is 0 Å². The second-order valence-electron chi connectivity index (χ2n) is 5.58. The molecular formula is C21H22O7. The fourth-order valence-electron chi connectivity index (χ4n) is 2.38. The van der Waals surface area contributed by atoms with Gasteiger partial charge in [0.05, 0.1) is 34.0 Å². The van der Waals surface area contributed by atoms with E-state index < -0.39 is 12.6 Å². The van der Waals surface area contributed by atoms with Crippen LogP contribution in [0.15, 0.2) is 42.5 Å². The number of Topliss-reactive ketones (excluding diaryl/α,β-unsaturated/α-hetero) is 1. The van der Waals surface area contributed by atoms with E-state index in [4.69, 9.17) is 23.7 Å². The zero-order chi connectivity index (χ0) is 20.5. The quantitative estimate of drug-likeness (QED) is 0.372. The van der Waals surface area contributed by atoms with Crippen LogP contribution in [0.1, 0.15) is 15.9 Å². The molecule has 7 heteroatoms. The molecule has 148 valence electrons. The van der Waals surface area contributed by atoms with E-state index in [1.165, 1.54) is 34.5 Å². The molecule has 0 aromatic heterocycles. The number of ketones is 1. The molecule has 2 rings (SSSR count). The number of ether oxygens (including phenoxy) is 5. The van der Waals surface area contributed by atoms with Crippen LogP contribution < -0.4 is 18.9 Å². The van der Waals surface area contributed by atoms with Crippen LogP contribution in [-0.2, 0) is 9.53 Å². The molecule has 0 saturated heterocycles. The number of hydrogen-bond donors (Lipinski definition) is 0. The van der Waals surface area contributed by atoms with Gasteiger partial charge in [0.25, 0.3) is 0 Å². The Kier molecular flexibility index (Phi) is 7.45. The molecule has 0 atom stereocenters. The largest absolute Gasteiger partial charge is 0.497 e. The topological polar surface area (TPSA) is 80.3 Å². The summed E-state index contributed by atoms with van der Waals surface area (Å²) in [7, 11) is 6.04. The fourth-order valence-corrected chi connectivity index (χ4v) is 2.38. The van der Waals surface area contributed by atoms with Gasteiger partial charge >= 0.3 is 5.97 Å². The van der Waals surface area contributed by atoms with Gasteiger partial charge in [-0.15, -0.1) is 0 Å². The molecule has 7 nitrogen and oxygen atoms in total. The lowest BCUT2D eigenvalue weighted by Gasteiger charge is -2.09. The Morgan fingerprint density at radius 1 is 0.821 bits per heavy atom. The summed E-state index contributed by atoms with van der Waals surface area (Å²) < 4.78 is 25.7. The Bertz CT molecular complexity index is 849. The predicted molar refractivity (Wildman–Crippen MR) is 103 cm³/mol. The molecule has 0 bridgehead atoms. The second-order valence-corrected chi connectivity index (χ2v) is 5.58. The SMILES string of the molecule is COc1cc(/C=C/C(=O)OCC(=O)c2ccc(OC)cc2OC)cc(OC)c1. The summed E-state index contributed by atoms with van der Waals surface area (Å²) in [4.78, 5) is 24.3. The maximum absolute atomic E-state index is 12.3. The summed E-state index contributed by atoms with van der Waals surface area (Å²) in [6, 6.07) is 9.97. The Balaban J connectivity index is 2.00. The highest BCUT2D eigenvalue weighted by Crippen LogP contribution is 2.25. The molecule has 2 aromatic carbocycles. The zero-order valence-corrected chi connectivity index (χ0v) is 16.2. The summed E-state index contributed by atoms with van der Waals surface area (Å²) >= 11 is 0. The van der Waals surface area contributed by atoms with Gasteiger partial charge in [0.2, 0.25) is 5.78 Å². The number of methoxy groups -OCH3 is 4. The van der Waals surface area contributed by atoms with Gasteiger partial charge in [-0.05, 0) is 35.9 Å². The standard InChI is InChI=1S/C21H22O7/c1-24-15-6-7-18(20(12-15)27-4)19(22)13-28-21(23)8-5-14-9-16(25-2)11-17(10-14)26-3/h5-12H,13H2,1-4H3/b8-5+. The molecule has 2 aromatic rings. The van der Waals surface area contributed by atoms with Crippen molar-refractivity contribution < 1.29 is 33.3 Å². The van der Waals surface area contributed by atoms with Gasteiger partial charge in [0.15, 0.2) is 6.61 Å². The Morgan fingerprint density at radius 3 is 2.04 bits per heavy atom. The van der Waals surface area contributed by atoms with Crippen LogP contribution in [0.2, 0.25) is 0 Å². The molecule has 0 spiro atoms. The van der Waals surface area contributed by atoms with E-state index in [1.807, 2.05) is 0 Å². The first kappa shape index (κ1) is 20.8. The first-order valence-corrected chi connectivity index (χ1v) is 8.33. The molecule has 0 N–H and O–H groups in total. The monoisotopic (exact) mass is 386 g/mol. The van der Waals surface area contributed by atoms with E-state index in [2.05, 4.69) is 0 Å². The van der Waals surface area contributed by atoms with Crippen LogP contribution in [0.3, 0.4) is 0 Å². The number of carbonyl (C=O) groups excluding carboxylic acids is 2. The number of benzene rings is 2. The number of rotatable bonds is 9. The lowest BCUT2D eigenvalue weighted by molar-refractivity contribution is -0.136. The zero-order valence-electron chi connectivity index (χ0n) is 16.2. The van der Waals surface area contributed by atoms with E-state index in [0.717, 1.165) is 0 Å². The normalized spacial score (nSPS) is 10.4. The smallest absolute Gasteiger partial charge is 0.331 e. The van der Waals surface area contributed by atoms with E-state index >= 15 is 0 Å². The van der Waals surface area contributed by atoms with Gasteiger partial charge in [0, 0.05) is 18.2 Å². The van der Waals surface area contributed by atoms with Gasteiger partial charge in [0.1, 0.15) is 23.0 Å². The lowest BCUT2D eigenvalue weighted by atomic mass is 10.1. The maximum Gasteiger partial charge on any atom is 0.331 e. The molecule has 0 heterocycles. The van der Waals surface area contributed by atoms with Crippen molar-refractivity contribution in [2.24, 2.45) is 0 Å². The van der Waals surface area contributed by atoms with Crippen LogP contribution >= 0.6 is 0 Å². The maximum atomic E-state index is 12.3. The molecule has 0 radical (unpaired) electrons. The molecule has 0 saturated carbocycles. The third kappa shape index (κ3) is 5.51. The molecule has 28 heavy (non-hydrogen) atoms. The first-order chi connectivity index (χ1) is 13.5. The van der Waals surface area contributed by atoms with Crippen LogP contribution in [0.4, 0.5) is 0 Å². The predicted octanol–water partition coefficient (Wildman–Crippen LogP) is 3.16. The van der Waals surface area contributed by atoms with Crippen molar-refractivity contribution >= 4 is 17.8 Å². The highest BCUT2D eigenvalue weighted by molar-refractivity contribution is 6.01.